The average molecular weight is 261 g/mol. The number of hydrogen-bond donors (Lipinski definition) is 1. The number of aromatic nitrogens is 1. The smallest absolute Gasteiger partial charge is 0.253 e. The van der Waals surface area contributed by atoms with Crippen molar-refractivity contribution in [3.8, 4) is 0 Å². The number of amides is 1. The third kappa shape index (κ3) is 2.51. The SMILES string of the molecule is C=C(C)CN(C)C(=O)c1ccc2nc(N)sc2c1. The van der Waals surface area contributed by atoms with Gasteiger partial charge in [-0.1, -0.05) is 23.5 Å². The van der Waals surface area contributed by atoms with E-state index in [0.717, 1.165) is 15.8 Å². The van der Waals surface area contributed by atoms with Crippen LogP contribution in [0.15, 0.2) is 30.4 Å². The molecule has 0 atom stereocenters. The highest BCUT2D eigenvalue weighted by Gasteiger charge is 2.13. The number of nitrogens with zero attached hydrogens (tertiary/aromatic N) is 2. The molecule has 0 fully saturated rings. The summed E-state index contributed by atoms with van der Waals surface area (Å²) in [6.07, 6.45) is 0. The first-order chi connectivity index (χ1) is 8.47. The van der Waals surface area contributed by atoms with Crippen molar-refractivity contribution < 1.29 is 4.79 Å². The molecule has 0 unspecified atom stereocenters. The quantitative estimate of drug-likeness (QED) is 0.864. The maximum atomic E-state index is 12.2. The maximum Gasteiger partial charge on any atom is 0.253 e. The molecule has 1 aromatic heterocycles. The first-order valence-electron chi connectivity index (χ1n) is 5.53. The van der Waals surface area contributed by atoms with Crippen molar-refractivity contribution in [2.45, 2.75) is 6.92 Å². The van der Waals surface area contributed by atoms with Crippen LogP contribution in [0.3, 0.4) is 0 Å². The van der Waals surface area contributed by atoms with Crippen LogP contribution >= 0.6 is 11.3 Å². The molecule has 2 N–H and O–H groups in total. The number of benzene rings is 1. The van der Waals surface area contributed by atoms with Crippen molar-refractivity contribution >= 4 is 32.6 Å². The van der Waals surface area contributed by atoms with Crippen LogP contribution in [0, 0.1) is 0 Å². The van der Waals surface area contributed by atoms with Gasteiger partial charge in [-0.15, -0.1) is 0 Å². The van der Waals surface area contributed by atoms with E-state index in [0.29, 0.717) is 17.2 Å². The van der Waals surface area contributed by atoms with Crippen molar-refractivity contribution in [2.24, 2.45) is 0 Å². The van der Waals surface area contributed by atoms with E-state index in [-0.39, 0.29) is 5.91 Å². The number of carbonyl (C=O) groups excluding carboxylic acids is 1. The molecule has 0 spiro atoms. The van der Waals surface area contributed by atoms with Crippen LogP contribution in [0.5, 0.6) is 0 Å². The van der Waals surface area contributed by atoms with Gasteiger partial charge in [0.15, 0.2) is 5.13 Å². The van der Waals surface area contributed by atoms with Gasteiger partial charge in [0.05, 0.1) is 10.2 Å². The highest BCUT2D eigenvalue weighted by Crippen LogP contribution is 2.25. The van der Waals surface area contributed by atoms with E-state index in [1.54, 1.807) is 18.0 Å². The molecule has 4 nitrogen and oxygen atoms in total. The summed E-state index contributed by atoms with van der Waals surface area (Å²) >= 11 is 1.39. The summed E-state index contributed by atoms with van der Waals surface area (Å²) in [7, 11) is 1.77. The Morgan fingerprint density at radius 2 is 2.28 bits per heavy atom. The fourth-order valence-corrected chi connectivity index (χ4v) is 2.55. The molecule has 5 heteroatoms. The van der Waals surface area contributed by atoms with Gasteiger partial charge < -0.3 is 10.6 Å². The van der Waals surface area contributed by atoms with E-state index >= 15 is 0 Å². The first-order valence-corrected chi connectivity index (χ1v) is 6.35. The highest BCUT2D eigenvalue weighted by molar-refractivity contribution is 7.22. The molecule has 0 aliphatic rings. The van der Waals surface area contributed by atoms with Crippen molar-refractivity contribution in [1.82, 2.24) is 9.88 Å². The van der Waals surface area contributed by atoms with E-state index in [9.17, 15) is 4.79 Å². The second kappa shape index (κ2) is 4.78. The summed E-state index contributed by atoms with van der Waals surface area (Å²) in [5.74, 6) is -0.0214. The lowest BCUT2D eigenvalue weighted by atomic mass is 10.2. The fraction of sp³-hybridized carbons (Fsp3) is 0.231. The third-order valence-corrected chi connectivity index (χ3v) is 3.35. The number of rotatable bonds is 3. The number of fused-ring (bicyclic) bond motifs is 1. The molecule has 0 aliphatic carbocycles. The van der Waals surface area contributed by atoms with E-state index in [1.807, 2.05) is 19.1 Å². The molecule has 94 valence electrons. The second-order valence-corrected chi connectivity index (χ2v) is 5.42. The Hall–Kier alpha value is -1.88. The Bertz CT molecular complexity index is 618. The molecule has 1 amide bonds. The number of nitrogens with two attached hydrogens (primary N) is 1. The summed E-state index contributed by atoms with van der Waals surface area (Å²) in [4.78, 5) is 18.0. The molecule has 0 saturated heterocycles. The zero-order valence-electron chi connectivity index (χ0n) is 10.4. The van der Waals surface area contributed by atoms with E-state index in [1.165, 1.54) is 11.3 Å². The first kappa shape index (κ1) is 12.6. The van der Waals surface area contributed by atoms with Crippen LogP contribution in [-0.4, -0.2) is 29.4 Å². The van der Waals surface area contributed by atoms with Gasteiger partial charge in [0.1, 0.15) is 0 Å². The van der Waals surface area contributed by atoms with E-state index in [2.05, 4.69) is 11.6 Å². The summed E-state index contributed by atoms with van der Waals surface area (Å²) < 4.78 is 0.932. The molecule has 0 aliphatic heterocycles. The lowest BCUT2D eigenvalue weighted by Gasteiger charge is -2.17. The zero-order chi connectivity index (χ0) is 13.3. The Balaban J connectivity index is 2.30. The standard InChI is InChI=1S/C13H15N3OS/c1-8(2)7-16(3)12(17)9-4-5-10-11(6-9)18-13(14)15-10/h4-6H,1,7H2,2-3H3,(H2,14,15). The van der Waals surface area contributed by atoms with E-state index in [4.69, 9.17) is 5.73 Å². The summed E-state index contributed by atoms with van der Waals surface area (Å²) in [5.41, 5.74) is 8.07. The average Bonchev–Trinajstić information content (AvgIpc) is 2.65. The Morgan fingerprint density at radius 3 is 2.94 bits per heavy atom. The third-order valence-electron chi connectivity index (χ3n) is 2.51. The van der Waals surface area contributed by atoms with Gasteiger partial charge in [-0.25, -0.2) is 4.98 Å². The van der Waals surface area contributed by atoms with Gasteiger partial charge >= 0.3 is 0 Å². The number of carbonyl (C=O) groups is 1. The molecule has 2 rings (SSSR count). The second-order valence-electron chi connectivity index (χ2n) is 4.35. The lowest BCUT2D eigenvalue weighted by molar-refractivity contribution is 0.0807. The molecular formula is C13H15N3OS. The molecule has 1 aromatic carbocycles. The van der Waals surface area contributed by atoms with Crippen molar-refractivity contribution in [3.63, 3.8) is 0 Å². The minimum atomic E-state index is -0.0214. The molecule has 0 radical (unpaired) electrons. The fourth-order valence-electron chi connectivity index (χ4n) is 1.77. The van der Waals surface area contributed by atoms with Crippen LogP contribution in [0.1, 0.15) is 17.3 Å². The number of nitrogen functional groups attached to an aromatic ring is 1. The Labute approximate surface area is 110 Å². The van der Waals surface area contributed by atoms with Gasteiger partial charge in [0, 0.05) is 19.2 Å². The molecule has 0 saturated carbocycles. The van der Waals surface area contributed by atoms with Gasteiger partial charge in [-0.2, -0.15) is 0 Å². The maximum absolute atomic E-state index is 12.2. The Morgan fingerprint density at radius 1 is 1.56 bits per heavy atom. The normalized spacial score (nSPS) is 10.6. The van der Waals surface area contributed by atoms with Gasteiger partial charge in [-0.05, 0) is 25.1 Å². The molecule has 0 bridgehead atoms. The minimum Gasteiger partial charge on any atom is -0.375 e. The van der Waals surface area contributed by atoms with Gasteiger partial charge in [-0.3, -0.25) is 4.79 Å². The largest absolute Gasteiger partial charge is 0.375 e. The molecule has 1 heterocycles. The van der Waals surface area contributed by atoms with Crippen LogP contribution < -0.4 is 5.73 Å². The molecule has 18 heavy (non-hydrogen) atoms. The predicted octanol–water partition coefficient (Wildman–Crippen LogP) is 2.53. The lowest BCUT2D eigenvalue weighted by Crippen LogP contribution is -2.28. The van der Waals surface area contributed by atoms with Crippen LogP contribution in [0.2, 0.25) is 0 Å². The highest BCUT2D eigenvalue weighted by atomic mass is 32.1. The number of hydrogen-bond acceptors (Lipinski definition) is 4. The topological polar surface area (TPSA) is 59.2 Å². The van der Waals surface area contributed by atoms with E-state index < -0.39 is 0 Å². The van der Waals surface area contributed by atoms with Crippen molar-refractivity contribution in [1.29, 1.82) is 0 Å². The van der Waals surface area contributed by atoms with Gasteiger partial charge in [0.2, 0.25) is 0 Å². The van der Waals surface area contributed by atoms with Crippen LogP contribution in [-0.2, 0) is 0 Å². The van der Waals surface area contributed by atoms with Crippen molar-refractivity contribution in [2.75, 3.05) is 19.3 Å². The predicted molar refractivity (Wildman–Crippen MR) is 75.8 cm³/mol. The number of likely N-dealkylation sites (N-methyl/N-ethyl adjacent to an activating group) is 1. The molecular weight excluding hydrogens is 246 g/mol. The summed E-state index contributed by atoms with van der Waals surface area (Å²) in [6.45, 7) is 6.26. The van der Waals surface area contributed by atoms with Crippen LogP contribution in [0.4, 0.5) is 5.13 Å². The summed E-state index contributed by atoms with van der Waals surface area (Å²) in [5, 5.41) is 0.518. The molecule has 2 aromatic rings. The van der Waals surface area contributed by atoms with Crippen molar-refractivity contribution in [3.05, 3.63) is 35.9 Å². The minimum absolute atomic E-state index is 0.0214. The number of anilines is 1. The monoisotopic (exact) mass is 261 g/mol. The Kier molecular flexibility index (Phi) is 3.34. The van der Waals surface area contributed by atoms with Gasteiger partial charge in [0.25, 0.3) is 5.91 Å². The number of thiazole rings is 1. The zero-order valence-corrected chi connectivity index (χ0v) is 11.3. The summed E-state index contributed by atoms with van der Waals surface area (Å²) in [6, 6.07) is 5.43. The van der Waals surface area contributed by atoms with Crippen LogP contribution in [0.25, 0.3) is 10.2 Å².